The Morgan fingerprint density at radius 2 is 1.87 bits per heavy atom. The molecule has 0 aromatic heterocycles. The Labute approximate surface area is 179 Å². The molecule has 1 aliphatic heterocycles. The summed E-state index contributed by atoms with van der Waals surface area (Å²) in [5.74, 6) is -2.79. The summed E-state index contributed by atoms with van der Waals surface area (Å²) in [4.78, 5) is 25.3. The van der Waals surface area contributed by atoms with E-state index in [9.17, 15) is 27.9 Å². The molecule has 0 radical (unpaired) electrons. The fourth-order valence-corrected chi connectivity index (χ4v) is 4.20. The number of likely N-dealkylation sites (N-methyl/N-ethyl adjacent to an activating group) is 1. The van der Waals surface area contributed by atoms with Crippen molar-refractivity contribution in [3.63, 3.8) is 0 Å². The number of hydrogen-bond acceptors (Lipinski definition) is 4. The quantitative estimate of drug-likeness (QED) is 0.630. The summed E-state index contributed by atoms with van der Waals surface area (Å²) >= 11 is 3.24. The molecule has 2 atom stereocenters. The lowest BCUT2D eigenvalue weighted by Crippen LogP contribution is -2.58. The van der Waals surface area contributed by atoms with Crippen molar-refractivity contribution >= 4 is 33.5 Å². The lowest BCUT2D eigenvalue weighted by Gasteiger charge is -2.35. The fourth-order valence-electron chi connectivity index (χ4n) is 3.47. The summed E-state index contributed by atoms with van der Waals surface area (Å²) in [5, 5.41) is 10.6. The minimum absolute atomic E-state index is 0.0563. The molecule has 30 heavy (non-hydrogen) atoms. The molecule has 1 N–H and O–H groups in total. The van der Waals surface area contributed by atoms with Gasteiger partial charge >= 0.3 is 12.1 Å². The summed E-state index contributed by atoms with van der Waals surface area (Å²) < 4.78 is 46.9. The zero-order chi connectivity index (χ0) is 22.3. The van der Waals surface area contributed by atoms with Gasteiger partial charge in [0.2, 0.25) is 5.60 Å². The first-order chi connectivity index (χ1) is 14.0. The van der Waals surface area contributed by atoms with Crippen LogP contribution in [0, 0.1) is 0 Å². The van der Waals surface area contributed by atoms with Crippen LogP contribution in [-0.2, 0) is 16.1 Å². The van der Waals surface area contributed by atoms with Crippen LogP contribution in [0.1, 0.15) is 40.7 Å². The van der Waals surface area contributed by atoms with E-state index >= 15 is 0 Å². The third-order valence-electron chi connectivity index (χ3n) is 5.25. The molecule has 2 aromatic rings. The van der Waals surface area contributed by atoms with E-state index in [0.717, 1.165) is 11.9 Å². The highest BCUT2D eigenvalue weighted by Crippen LogP contribution is 2.42. The highest BCUT2D eigenvalue weighted by Gasteiger charge is 2.61. The number of alkyl halides is 3. The van der Waals surface area contributed by atoms with E-state index in [4.69, 9.17) is 4.74 Å². The van der Waals surface area contributed by atoms with Crippen LogP contribution in [0.2, 0.25) is 0 Å². The number of aliphatic hydroxyl groups is 1. The van der Waals surface area contributed by atoms with Crippen molar-refractivity contribution in [2.24, 2.45) is 0 Å². The summed E-state index contributed by atoms with van der Waals surface area (Å²) in [5.41, 5.74) is -2.22. The molecule has 2 aromatic carbocycles. The molecule has 0 saturated heterocycles. The van der Waals surface area contributed by atoms with Crippen molar-refractivity contribution < 1.29 is 32.6 Å². The van der Waals surface area contributed by atoms with E-state index in [2.05, 4.69) is 15.9 Å². The maximum atomic E-state index is 13.9. The molecular formula is C21H19BrF3NO4. The maximum absolute atomic E-state index is 13.9. The van der Waals surface area contributed by atoms with Gasteiger partial charge in [0.1, 0.15) is 6.61 Å². The van der Waals surface area contributed by atoms with E-state index in [1.54, 1.807) is 30.3 Å². The van der Waals surface area contributed by atoms with Crippen molar-refractivity contribution in [2.75, 3.05) is 11.9 Å². The van der Waals surface area contributed by atoms with Crippen molar-refractivity contribution in [3.8, 4) is 0 Å². The zero-order valence-electron chi connectivity index (χ0n) is 16.2. The van der Waals surface area contributed by atoms with Gasteiger partial charge in [-0.3, -0.25) is 4.79 Å². The molecule has 5 nitrogen and oxygen atoms in total. The van der Waals surface area contributed by atoms with Crippen LogP contribution < -0.4 is 4.90 Å². The van der Waals surface area contributed by atoms with Crippen LogP contribution in [0.4, 0.5) is 18.9 Å². The van der Waals surface area contributed by atoms with Crippen molar-refractivity contribution in [1.82, 2.24) is 0 Å². The lowest BCUT2D eigenvalue weighted by atomic mass is 9.85. The number of fused-ring (bicyclic) bond motifs is 1. The van der Waals surface area contributed by atoms with Crippen LogP contribution in [-0.4, -0.2) is 35.8 Å². The standard InChI is InChI=1S/C21H19BrF3NO4/c1-12(13-6-4-3-5-7-13)10-20(29,21(23,24)25)19(28)26(2)16-9-8-14-15(17(16)22)11-30-18(14)27/h3-9,12,29H,10-11H2,1-2H3. The third kappa shape index (κ3) is 3.83. The summed E-state index contributed by atoms with van der Waals surface area (Å²) in [7, 11) is 1.15. The monoisotopic (exact) mass is 485 g/mol. The predicted molar refractivity (Wildman–Crippen MR) is 107 cm³/mol. The predicted octanol–water partition coefficient (Wildman–Crippen LogP) is 4.57. The average Bonchev–Trinajstić information content (AvgIpc) is 3.08. The molecule has 160 valence electrons. The minimum atomic E-state index is -5.19. The number of ether oxygens (including phenoxy) is 1. The average molecular weight is 486 g/mol. The lowest BCUT2D eigenvalue weighted by molar-refractivity contribution is -0.253. The number of esters is 1. The normalized spacial score (nSPS) is 16.4. The Kier molecular flexibility index (Phi) is 5.97. The molecule has 1 aliphatic rings. The van der Waals surface area contributed by atoms with Crippen LogP contribution in [0.15, 0.2) is 46.9 Å². The molecular weight excluding hydrogens is 467 g/mol. The number of amides is 1. The van der Waals surface area contributed by atoms with E-state index in [1.165, 1.54) is 19.1 Å². The Bertz CT molecular complexity index is 980. The number of benzene rings is 2. The van der Waals surface area contributed by atoms with Gasteiger partial charge in [0, 0.05) is 23.5 Å². The van der Waals surface area contributed by atoms with Crippen LogP contribution in [0.25, 0.3) is 0 Å². The van der Waals surface area contributed by atoms with Crippen LogP contribution in [0.5, 0.6) is 0 Å². The van der Waals surface area contributed by atoms with Gasteiger partial charge in [-0.05, 0) is 39.5 Å². The molecule has 9 heteroatoms. The number of carbonyl (C=O) groups is 2. The summed E-state index contributed by atoms with van der Waals surface area (Å²) in [6, 6.07) is 11.1. The summed E-state index contributed by atoms with van der Waals surface area (Å²) in [6.07, 6.45) is -6.03. The van der Waals surface area contributed by atoms with Gasteiger partial charge in [0.05, 0.1) is 11.3 Å². The van der Waals surface area contributed by atoms with Crippen molar-refractivity contribution in [2.45, 2.75) is 37.6 Å². The molecule has 2 unspecified atom stereocenters. The number of anilines is 1. The smallest absolute Gasteiger partial charge is 0.426 e. The number of hydrogen-bond donors (Lipinski definition) is 1. The van der Waals surface area contributed by atoms with Gasteiger partial charge in [0.15, 0.2) is 0 Å². The van der Waals surface area contributed by atoms with E-state index < -0.39 is 36.0 Å². The molecule has 3 rings (SSSR count). The molecule has 0 bridgehead atoms. The number of carbonyl (C=O) groups excluding carboxylic acids is 2. The second kappa shape index (κ2) is 8.03. The van der Waals surface area contributed by atoms with Crippen molar-refractivity contribution in [3.05, 3.63) is 63.6 Å². The largest absolute Gasteiger partial charge is 0.457 e. The van der Waals surface area contributed by atoms with Crippen LogP contribution >= 0.6 is 15.9 Å². The first kappa shape index (κ1) is 22.3. The second-order valence-corrected chi connectivity index (χ2v) is 8.03. The Morgan fingerprint density at radius 3 is 2.47 bits per heavy atom. The SMILES string of the molecule is CC(CC(O)(C(=O)N(C)c1ccc2c(c1Br)COC2=O)C(F)(F)F)c1ccccc1. The molecule has 0 aliphatic carbocycles. The summed E-state index contributed by atoms with van der Waals surface area (Å²) in [6.45, 7) is 1.47. The van der Waals surface area contributed by atoms with Crippen LogP contribution in [0.3, 0.4) is 0 Å². The zero-order valence-corrected chi connectivity index (χ0v) is 17.8. The fraction of sp³-hybridized carbons (Fsp3) is 0.333. The maximum Gasteiger partial charge on any atom is 0.426 e. The Morgan fingerprint density at radius 1 is 1.23 bits per heavy atom. The number of rotatable bonds is 5. The molecule has 0 saturated carbocycles. The minimum Gasteiger partial charge on any atom is -0.457 e. The third-order valence-corrected chi connectivity index (χ3v) is 6.13. The number of nitrogens with zero attached hydrogens (tertiary/aromatic N) is 1. The van der Waals surface area contributed by atoms with Gasteiger partial charge < -0.3 is 14.7 Å². The van der Waals surface area contributed by atoms with E-state index in [-0.39, 0.29) is 22.3 Å². The van der Waals surface area contributed by atoms with Gasteiger partial charge in [-0.25, -0.2) is 4.79 Å². The van der Waals surface area contributed by atoms with Gasteiger partial charge in [-0.2, -0.15) is 13.2 Å². The molecule has 0 fully saturated rings. The highest BCUT2D eigenvalue weighted by molar-refractivity contribution is 9.10. The van der Waals surface area contributed by atoms with Gasteiger partial charge in [-0.15, -0.1) is 0 Å². The molecule has 1 amide bonds. The van der Waals surface area contributed by atoms with E-state index in [1.807, 2.05) is 0 Å². The number of halogens is 4. The first-order valence-corrected chi connectivity index (χ1v) is 9.87. The first-order valence-electron chi connectivity index (χ1n) is 9.08. The highest BCUT2D eigenvalue weighted by atomic mass is 79.9. The topological polar surface area (TPSA) is 66.8 Å². The van der Waals surface area contributed by atoms with Gasteiger partial charge in [-0.1, -0.05) is 37.3 Å². The Hall–Kier alpha value is -2.39. The second-order valence-electron chi connectivity index (χ2n) is 7.24. The number of cyclic esters (lactones) is 1. The molecule has 0 spiro atoms. The Balaban J connectivity index is 1.95. The molecule has 1 heterocycles. The van der Waals surface area contributed by atoms with E-state index in [0.29, 0.717) is 11.1 Å². The van der Waals surface area contributed by atoms with Gasteiger partial charge in [0.25, 0.3) is 5.91 Å². The van der Waals surface area contributed by atoms with Crippen molar-refractivity contribution in [1.29, 1.82) is 0 Å².